The van der Waals surface area contributed by atoms with E-state index in [9.17, 15) is 0 Å². The van der Waals surface area contributed by atoms with Gasteiger partial charge in [0.2, 0.25) is 0 Å². The van der Waals surface area contributed by atoms with Gasteiger partial charge in [0, 0.05) is 36.1 Å². The van der Waals surface area contributed by atoms with Crippen molar-refractivity contribution >= 4 is 17.6 Å². The fraction of sp³-hybridized carbons (Fsp3) is 0.632. The van der Waals surface area contributed by atoms with Crippen LogP contribution in [-0.2, 0) is 4.74 Å². The maximum atomic E-state index is 6.00. The number of benzene rings is 1. The van der Waals surface area contributed by atoms with Gasteiger partial charge in [0.05, 0.1) is 12.1 Å². The van der Waals surface area contributed by atoms with Gasteiger partial charge < -0.3 is 15.4 Å². The lowest BCUT2D eigenvalue weighted by Gasteiger charge is -2.63. The zero-order chi connectivity index (χ0) is 16.7. The second-order valence-electron chi connectivity index (χ2n) is 7.44. The Morgan fingerprint density at radius 2 is 2.08 bits per heavy atom. The number of aliphatic imine (C=N–C) groups is 1. The Morgan fingerprint density at radius 3 is 2.71 bits per heavy atom. The molecule has 4 rings (SSSR count). The smallest absolute Gasteiger partial charge is 0.191 e. The van der Waals surface area contributed by atoms with Crippen molar-refractivity contribution in [3.05, 3.63) is 34.9 Å². The van der Waals surface area contributed by atoms with E-state index in [1.54, 1.807) is 0 Å². The summed E-state index contributed by atoms with van der Waals surface area (Å²) in [5, 5.41) is 8.00. The van der Waals surface area contributed by atoms with Crippen molar-refractivity contribution in [1.82, 2.24) is 10.6 Å². The van der Waals surface area contributed by atoms with E-state index in [0.717, 1.165) is 17.6 Å². The summed E-state index contributed by atoms with van der Waals surface area (Å²) < 4.78 is 6.00. The fourth-order valence-corrected chi connectivity index (χ4v) is 4.94. The molecule has 4 unspecified atom stereocenters. The number of halogens is 1. The molecule has 2 aliphatic carbocycles. The van der Waals surface area contributed by atoms with Crippen molar-refractivity contribution in [3.8, 4) is 0 Å². The Balaban J connectivity index is 1.42. The van der Waals surface area contributed by atoms with E-state index >= 15 is 0 Å². The third-order valence-corrected chi connectivity index (χ3v) is 6.53. The minimum absolute atomic E-state index is 0.182. The SMILES string of the molecule is CN=C(NC(C)c1ccc(Cl)cc1)NC1C2CCOC2C12CCC2. The maximum absolute atomic E-state index is 6.00. The summed E-state index contributed by atoms with van der Waals surface area (Å²) in [4.78, 5) is 4.46. The van der Waals surface area contributed by atoms with Crippen LogP contribution in [0.15, 0.2) is 29.3 Å². The molecule has 0 bridgehead atoms. The molecule has 1 saturated heterocycles. The molecule has 1 spiro atoms. The molecule has 4 nitrogen and oxygen atoms in total. The molecular weight excluding hydrogens is 322 g/mol. The average Bonchev–Trinajstić information content (AvgIpc) is 2.95. The fourth-order valence-electron chi connectivity index (χ4n) is 4.81. The molecular formula is C19H26ClN3O. The molecule has 24 heavy (non-hydrogen) atoms. The van der Waals surface area contributed by atoms with Crippen molar-refractivity contribution in [2.75, 3.05) is 13.7 Å². The minimum Gasteiger partial charge on any atom is -0.377 e. The largest absolute Gasteiger partial charge is 0.377 e. The molecule has 4 atom stereocenters. The molecule has 0 radical (unpaired) electrons. The first-order chi connectivity index (χ1) is 11.6. The number of rotatable bonds is 3. The molecule has 2 saturated carbocycles. The number of fused-ring (bicyclic) bond motifs is 2. The van der Waals surface area contributed by atoms with Gasteiger partial charge in [0.25, 0.3) is 0 Å². The molecule has 1 aliphatic heterocycles. The topological polar surface area (TPSA) is 45.7 Å². The normalized spacial score (nSPS) is 31.8. The van der Waals surface area contributed by atoms with E-state index in [0.29, 0.717) is 23.5 Å². The van der Waals surface area contributed by atoms with Gasteiger partial charge in [-0.25, -0.2) is 0 Å². The summed E-state index contributed by atoms with van der Waals surface area (Å²) >= 11 is 5.98. The van der Waals surface area contributed by atoms with E-state index in [1.807, 2.05) is 19.2 Å². The molecule has 1 aromatic carbocycles. The molecule has 1 heterocycles. The number of ether oxygens (including phenoxy) is 1. The molecule has 2 N–H and O–H groups in total. The van der Waals surface area contributed by atoms with Crippen LogP contribution in [0.1, 0.15) is 44.2 Å². The third kappa shape index (κ3) is 2.51. The number of guanidine groups is 1. The monoisotopic (exact) mass is 347 g/mol. The van der Waals surface area contributed by atoms with Crippen LogP contribution in [0, 0.1) is 11.3 Å². The highest BCUT2D eigenvalue weighted by Crippen LogP contribution is 2.62. The first-order valence-electron chi connectivity index (χ1n) is 9.01. The van der Waals surface area contributed by atoms with E-state index in [1.165, 1.54) is 31.2 Å². The van der Waals surface area contributed by atoms with Gasteiger partial charge in [-0.15, -0.1) is 0 Å². The van der Waals surface area contributed by atoms with E-state index in [2.05, 4.69) is 34.7 Å². The zero-order valence-electron chi connectivity index (χ0n) is 14.4. The summed E-state index contributed by atoms with van der Waals surface area (Å²) in [5.41, 5.74) is 1.57. The molecule has 3 fully saturated rings. The lowest BCUT2D eigenvalue weighted by atomic mass is 9.46. The van der Waals surface area contributed by atoms with Gasteiger partial charge in [-0.1, -0.05) is 30.2 Å². The second-order valence-corrected chi connectivity index (χ2v) is 7.88. The van der Waals surface area contributed by atoms with Crippen molar-refractivity contribution in [3.63, 3.8) is 0 Å². The highest BCUT2D eigenvalue weighted by molar-refractivity contribution is 6.30. The summed E-state index contributed by atoms with van der Waals surface area (Å²) in [7, 11) is 1.85. The second kappa shape index (κ2) is 6.23. The molecule has 0 aromatic heterocycles. The van der Waals surface area contributed by atoms with Crippen LogP contribution < -0.4 is 10.6 Å². The zero-order valence-corrected chi connectivity index (χ0v) is 15.1. The standard InChI is InChI=1S/C19H26ClN3O/c1-12(13-4-6-14(20)7-5-13)22-18(21-2)23-16-15-8-11-24-17(15)19(16)9-3-10-19/h4-7,12,15-17H,3,8-11H2,1-2H3,(H2,21,22,23). The van der Waals surface area contributed by atoms with Crippen molar-refractivity contribution in [2.24, 2.45) is 16.3 Å². The first kappa shape index (κ1) is 16.2. The van der Waals surface area contributed by atoms with Crippen molar-refractivity contribution < 1.29 is 4.74 Å². The Morgan fingerprint density at radius 1 is 1.33 bits per heavy atom. The van der Waals surface area contributed by atoms with Gasteiger partial charge in [0.1, 0.15) is 0 Å². The average molecular weight is 348 g/mol. The summed E-state index contributed by atoms with van der Waals surface area (Å²) in [6.45, 7) is 3.07. The quantitative estimate of drug-likeness (QED) is 0.649. The van der Waals surface area contributed by atoms with E-state index in [4.69, 9.17) is 16.3 Å². The van der Waals surface area contributed by atoms with Crippen LogP contribution in [0.25, 0.3) is 0 Å². The van der Waals surface area contributed by atoms with Gasteiger partial charge in [-0.05, 0) is 43.9 Å². The molecule has 130 valence electrons. The predicted molar refractivity (Wildman–Crippen MR) is 97.4 cm³/mol. The van der Waals surface area contributed by atoms with Gasteiger partial charge in [-0.2, -0.15) is 0 Å². The van der Waals surface area contributed by atoms with Crippen LogP contribution in [-0.4, -0.2) is 31.8 Å². The highest BCUT2D eigenvalue weighted by Gasteiger charge is 2.66. The lowest BCUT2D eigenvalue weighted by molar-refractivity contribution is -0.171. The van der Waals surface area contributed by atoms with Crippen molar-refractivity contribution in [2.45, 2.75) is 50.8 Å². The van der Waals surface area contributed by atoms with Crippen LogP contribution in [0.2, 0.25) is 5.02 Å². The lowest BCUT2D eigenvalue weighted by Crippen LogP contribution is -2.72. The number of hydrogen-bond donors (Lipinski definition) is 2. The van der Waals surface area contributed by atoms with Crippen LogP contribution >= 0.6 is 11.6 Å². The Hall–Kier alpha value is -1.26. The predicted octanol–water partition coefficient (Wildman–Crippen LogP) is 3.52. The number of nitrogens with one attached hydrogen (secondary N) is 2. The molecule has 1 aromatic rings. The van der Waals surface area contributed by atoms with Crippen LogP contribution in [0.4, 0.5) is 0 Å². The Labute approximate surface area is 149 Å². The summed E-state index contributed by atoms with van der Waals surface area (Å²) in [6.07, 6.45) is 5.56. The molecule has 5 heteroatoms. The number of hydrogen-bond acceptors (Lipinski definition) is 2. The first-order valence-corrected chi connectivity index (χ1v) is 9.39. The van der Waals surface area contributed by atoms with E-state index < -0.39 is 0 Å². The van der Waals surface area contributed by atoms with Gasteiger partial charge >= 0.3 is 0 Å². The summed E-state index contributed by atoms with van der Waals surface area (Å²) in [6, 6.07) is 8.67. The van der Waals surface area contributed by atoms with Gasteiger partial charge in [-0.3, -0.25) is 4.99 Å². The van der Waals surface area contributed by atoms with E-state index in [-0.39, 0.29) is 6.04 Å². The molecule has 3 aliphatic rings. The Bertz CT molecular complexity index is 626. The number of nitrogens with zero attached hydrogens (tertiary/aromatic N) is 1. The maximum Gasteiger partial charge on any atom is 0.191 e. The van der Waals surface area contributed by atoms with Crippen molar-refractivity contribution in [1.29, 1.82) is 0 Å². The summed E-state index contributed by atoms with van der Waals surface area (Å²) in [5.74, 6) is 1.54. The van der Waals surface area contributed by atoms with Crippen LogP contribution in [0.3, 0.4) is 0 Å². The van der Waals surface area contributed by atoms with Crippen LogP contribution in [0.5, 0.6) is 0 Å². The highest BCUT2D eigenvalue weighted by atomic mass is 35.5. The Kier molecular flexibility index (Phi) is 4.21. The van der Waals surface area contributed by atoms with Gasteiger partial charge in [0.15, 0.2) is 5.96 Å². The minimum atomic E-state index is 0.182. The molecule has 0 amide bonds. The third-order valence-electron chi connectivity index (χ3n) is 6.28.